The van der Waals surface area contributed by atoms with Crippen LogP contribution < -0.4 is 5.56 Å². The maximum Gasteiger partial charge on any atom is 0.314 e. The van der Waals surface area contributed by atoms with Crippen molar-refractivity contribution < 1.29 is 10.0 Å². The highest BCUT2D eigenvalue weighted by Crippen LogP contribution is 2.39. The van der Waals surface area contributed by atoms with Gasteiger partial charge in [0.25, 0.3) is 5.56 Å². The number of aromatic amines is 1. The van der Waals surface area contributed by atoms with Crippen molar-refractivity contribution in [3.63, 3.8) is 0 Å². The standard InChI is InChI=1S/C16H12ClN5O4/c1-9-14(16(24)21(20-9)11-5-3-2-4-6-11)19-18-12-7-10(17)8-13(15(12)23)22(25)26/h2-8,20,23H,1H3. The van der Waals surface area contributed by atoms with Gasteiger partial charge in [-0.3, -0.25) is 20.0 Å². The van der Waals surface area contributed by atoms with Gasteiger partial charge >= 0.3 is 5.69 Å². The Morgan fingerprint density at radius 3 is 2.58 bits per heavy atom. The lowest BCUT2D eigenvalue weighted by atomic mass is 10.2. The Balaban J connectivity index is 2.04. The first-order valence-corrected chi connectivity index (χ1v) is 7.72. The van der Waals surface area contributed by atoms with Crippen molar-refractivity contribution in [2.75, 3.05) is 0 Å². The van der Waals surface area contributed by atoms with Crippen molar-refractivity contribution in [1.29, 1.82) is 0 Å². The molecule has 0 saturated carbocycles. The number of phenolic OH excluding ortho intramolecular Hbond substituents is 1. The Labute approximate surface area is 151 Å². The lowest BCUT2D eigenvalue weighted by Gasteiger charge is -2.00. The fourth-order valence-corrected chi connectivity index (χ4v) is 2.51. The zero-order chi connectivity index (χ0) is 18.8. The number of benzene rings is 2. The zero-order valence-corrected chi connectivity index (χ0v) is 14.1. The van der Waals surface area contributed by atoms with E-state index in [1.807, 2.05) is 6.07 Å². The van der Waals surface area contributed by atoms with Gasteiger partial charge in [-0.1, -0.05) is 29.8 Å². The SMILES string of the molecule is Cc1[nH]n(-c2ccccc2)c(=O)c1N=Nc1cc(Cl)cc([N+](=O)[O-])c1O. The number of hydrogen-bond donors (Lipinski definition) is 2. The average molecular weight is 374 g/mol. The molecule has 9 nitrogen and oxygen atoms in total. The van der Waals surface area contributed by atoms with Crippen LogP contribution in [0.2, 0.25) is 5.02 Å². The molecule has 0 spiro atoms. The van der Waals surface area contributed by atoms with Crippen LogP contribution in [0.4, 0.5) is 17.1 Å². The number of aromatic nitrogens is 2. The minimum Gasteiger partial charge on any atom is -0.501 e. The van der Waals surface area contributed by atoms with Crippen molar-refractivity contribution in [2.24, 2.45) is 10.2 Å². The van der Waals surface area contributed by atoms with Crippen molar-refractivity contribution in [2.45, 2.75) is 6.92 Å². The van der Waals surface area contributed by atoms with Crippen LogP contribution >= 0.6 is 11.6 Å². The molecule has 1 heterocycles. The van der Waals surface area contributed by atoms with E-state index in [1.54, 1.807) is 31.2 Å². The number of azo groups is 1. The van der Waals surface area contributed by atoms with Gasteiger partial charge in [0.2, 0.25) is 5.75 Å². The van der Waals surface area contributed by atoms with Crippen LogP contribution in [-0.2, 0) is 0 Å². The first-order valence-electron chi connectivity index (χ1n) is 7.34. The third kappa shape index (κ3) is 3.20. The highest BCUT2D eigenvalue weighted by Gasteiger charge is 2.19. The zero-order valence-electron chi connectivity index (χ0n) is 13.4. The monoisotopic (exact) mass is 373 g/mol. The van der Waals surface area contributed by atoms with Crippen molar-refractivity contribution in [3.8, 4) is 11.4 Å². The molecule has 0 radical (unpaired) electrons. The largest absolute Gasteiger partial charge is 0.501 e. The minimum absolute atomic E-state index is 0.0101. The summed E-state index contributed by atoms with van der Waals surface area (Å²) in [5, 5.41) is 31.4. The van der Waals surface area contributed by atoms with Crippen molar-refractivity contribution in [1.82, 2.24) is 9.78 Å². The number of nitrogens with one attached hydrogen (secondary N) is 1. The number of nitrogens with zero attached hydrogens (tertiary/aromatic N) is 4. The van der Waals surface area contributed by atoms with Crippen molar-refractivity contribution in [3.05, 3.63) is 73.6 Å². The molecule has 26 heavy (non-hydrogen) atoms. The fourth-order valence-electron chi connectivity index (χ4n) is 2.30. The Morgan fingerprint density at radius 1 is 1.23 bits per heavy atom. The molecule has 0 saturated heterocycles. The predicted octanol–water partition coefficient (Wildman–Crippen LogP) is 4.16. The first-order chi connectivity index (χ1) is 12.4. The molecule has 0 amide bonds. The Morgan fingerprint density at radius 2 is 1.92 bits per heavy atom. The first kappa shape index (κ1) is 17.4. The van der Waals surface area contributed by atoms with Gasteiger partial charge < -0.3 is 5.11 Å². The lowest BCUT2D eigenvalue weighted by Crippen LogP contribution is -2.13. The number of nitro benzene ring substituents is 1. The average Bonchev–Trinajstić information content (AvgIpc) is 2.90. The summed E-state index contributed by atoms with van der Waals surface area (Å²) in [6.45, 7) is 1.63. The van der Waals surface area contributed by atoms with Crippen LogP contribution in [-0.4, -0.2) is 19.8 Å². The van der Waals surface area contributed by atoms with Gasteiger partial charge in [-0.2, -0.15) is 0 Å². The molecule has 2 aromatic carbocycles. The molecule has 3 rings (SSSR count). The maximum atomic E-state index is 12.5. The highest BCUT2D eigenvalue weighted by molar-refractivity contribution is 6.31. The lowest BCUT2D eigenvalue weighted by molar-refractivity contribution is -0.385. The molecule has 0 atom stereocenters. The van der Waals surface area contributed by atoms with E-state index < -0.39 is 21.9 Å². The van der Waals surface area contributed by atoms with Gasteiger partial charge in [-0.15, -0.1) is 10.2 Å². The number of halogens is 1. The second kappa shape index (κ2) is 6.81. The van der Waals surface area contributed by atoms with E-state index in [2.05, 4.69) is 15.3 Å². The molecule has 0 aliphatic carbocycles. The van der Waals surface area contributed by atoms with Gasteiger partial charge in [-0.05, 0) is 25.1 Å². The van der Waals surface area contributed by atoms with E-state index in [0.717, 1.165) is 6.07 Å². The molecule has 0 unspecified atom stereocenters. The molecule has 0 bridgehead atoms. The summed E-state index contributed by atoms with van der Waals surface area (Å²) in [5.41, 5.74) is -0.194. The van der Waals surface area contributed by atoms with Gasteiger partial charge in [0.1, 0.15) is 5.69 Å². The topological polar surface area (TPSA) is 126 Å². The van der Waals surface area contributed by atoms with E-state index in [0.29, 0.717) is 11.4 Å². The van der Waals surface area contributed by atoms with Gasteiger partial charge in [-0.25, -0.2) is 4.68 Å². The number of para-hydroxylation sites is 1. The maximum absolute atomic E-state index is 12.5. The van der Waals surface area contributed by atoms with E-state index in [1.165, 1.54) is 10.7 Å². The van der Waals surface area contributed by atoms with E-state index in [9.17, 15) is 20.0 Å². The summed E-state index contributed by atoms with van der Waals surface area (Å²) in [6.07, 6.45) is 0. The molecule has 0 aliphatic rings. The number of H-pyrrole nitrogens is 1. The van der Waals surface area contributed by atoms with Gasteiger partial charge in [0.05, 0.1) is 16.3 Å². The molecule has 10 heteroatoms. The molecule has 3 aromatic rings. The second-order valence-corrected chi connectivity index (χ2v) is 5.75. The van der Waals surface area contributed by atoms with Crippen LogP contribution in [0.3, 0.4) is 0 Å². The minimum atomic E-state index is -0.788. The van der Waals surface area contributed by atoms with Crippen LogP contribution in [0.1, 0.15) is 5.69 Å². The molecular weight excluding hydrogens is 362 g/mol. The fraction of sp³-hybridized carbons (Fsp3) is 0.0625. The van der Waals surface area contributed by atoms with Crippen LogP contribution in [0.5, 0.6) is 5.75 Å². The summed E-state index contributed by atoms with van der Waals surface area (Å²) in [7, 11) is 0. The third-order valence-corrected chi connectivity index (χ3v) is 3.76. The summed E-state index contributed by atoms with van der Waals surface area (Å²) < 4.78 is 1.30. The summed E-state index contributed by atoms with van der Waals surface area (Å²) in [5.74, 6) is -0.681. The van der Waals surface area contributed by atoms with Crippen LogP contribution in [0.15, 0.2) is 57.5 Å². The molecular formula is C16H12ClN5O4. The van der Waals surface area contributed by atoms with E-state index in [-0.39, 0.29) is 16.4 Å². The number of rotatable bonds is 4. The number of aryl methyl sites for hydroxylation is 1. The quantitative estimate of drug-likeness (QED) is 0.404. The third-order valence-electron chi connectivity index (χ3n) is 3.54. The molecule has 132 valence electrons. The van der Waals surface area contributed by atoms with Crippen LogP contribution in [0, 0.1) is 17.0 Å². The summed E-state index contributed by atoms with van der Waals surface area (Å²) in [4.78, 5) is 22.7. The number of aromatic hydroxyl groups is 1. The smallest absolute Gasteiger partial charge is 0.314 e. The number of phenols is 1. The summed E-state index contributed by atoms with van der Waals surface area (Å²) >= 11 is 5.81. The highest BCUT2D eigenvalue weighted by atomic mass is 35.5. The number of nitro groups is 1. The van der Waals surface area contributed by atoms with Gasteiger partial charge in [0, 0.05) is 11.1 Å². The Kier molecular flexibility index (Phi) is 4.55. The molecule has 0 aliphatic heterocycles. The molecule has 2 N–H and O–H groups in total. The van der Waals surface area contributed by atoms with Crippen LogP contribution in [0.25, 0.3) is 5.69 Å². The Bertz CT molecular complexity index is 1070. The van der Waals surface area contributed by atoms with E-state index >= 15 is 0 Å². The predicted molar refractivity (Wildman–Crippen MR) is 95.1 cm³/mol. The van der Waals surface area contributed by atoms with E-state index in [4.69, 9.17) is 11.6 Å². The number of hydrogen-bond acceptors (Lipinski definition) is 6. The van der Waals surface area contributed by atoms with Gasteiger partial charge in [0.15, 0.2) is 5.69 Å². The second-order valence-electron chi connectivity index (χ2n) is 5.31. The molecule has 0 fully saturated rings. The summed E-state index contributed by atoms with van der Waals surface area (Å²) in [6, 6.07) is 11.1. The van der Waals surface area contributed by atoms with Crippen molar-refractivity contribution >= 4 is 28.7 Å². The normalized spacial score (nSPS) is 11.2. The Hall–Kier alpha value is -3.46. The molecule has 1 aromatic heterocycles.